The second-order valence-corrected chi connectivity index (χ2v) is 8.06. The lowest BCUT2D eigenvalue weighted by Crippen LogP contribution is -2.19. The molecule has 2 aromatic heterocycles. The van der Waals surface area contributed by atoms with Gasteiger partial charge in [-0.3, -0.25) is 0 Å². The number of rotatable bonds is 5. The average Bonchev–Trinajstić information content (AvgIpc) is 3.26. The number of carbonyl (C=O) groups is 1. The van der Waals surface area contributed by atoms with E-state index < -0.39 is 0 Å². The molecular weight excluding hydrogens is 482 g/mol. The molecule has 5 aromatic rings. The van der Waals surface area contributed by atoms with Crippen LogP contribution in [0.5, 0.6) is 0 Å². The van der Waals surface area contributed by atoms with Crippen LogP contribution in [0.15, 0.2) is 95.9 Å². The first-order valence-electron chi connectivity index (χ1n) is 10.1. The number of benzene rings is 3. The van der Waals surface area contributed by atoms with Gasteiger partial charge in [0.15, 0.2) is 5.65 Å². The number of carbonyl (C=O) groups excluding carboxylic acids is 1. The Morgan fingerprint density at radius 1 is 0.818 bits per heavy atom. The zero-order valence-electron chi connectivity index (χ0n) is 17.2. The van der Waals surface area contributed by atoms with Gasteiger partial charge in [0, 0.05) is 21.5 Å². The zero-order chi connectivity index (χ0) is 22.6. The van der Waals surface area contributed by atoms with E-state index in [-0.39, 0.29) is 6.03 Å². The minimum Gasteiger partial charge on any atom is -0.340 e. The maximum Gasteiger partial charge on any atom is 0.323 e. The third-order valence-corrected chi connectivity index (χ3v) is 5.35. The highest BCUT2D eigenvalue weighted by Gasteiger charge is 2.11. The Morgan fingerprint density at radius 3 is 2.36 bits per heavy atom. The molecule has 9 heteroatoms. The Kier molecular flexibility index (Phi) is 5.69. The fourth-order valence-electron chi connectivity index (χ4n) is 3.34. The monoisotopic (exact) mass is 499 g/mol. The van der Waals surface area contributed by atoms with E-state index in [1.54, 1.807) is 10.9 Å². The third kappa shape index (κ3) is 4.68. The topological polar surface area (TPSA) is 96.8 Å². The van der Waals surface area contributed by atoms with Crippen LogP contribution in [0.2, 0.25) is 0 Å². The SMILES string of the molecule is O=C(Nc1ccc(Nc2ncnc3c2cnn3-c2ccccc2)cc1)Nc1cccc(Br)c1. The molecule has 3 N–H and O–H groups in total. The number of aromatic nitrogens is 4. The van der Waals surface area contributed by atoms with Gasteiger partial charge < -0.3 is 16.0 Å². The van der Waals surface area contributed by atoms with Crippen LogP contribution in [0.4, 0.5) is 27.7 Å². The number of para-hydroxylation sites is 1. The van der Waals surface area contributed by atoms with Crippen molar-refractivity contribution in [2.75, 3.05) is 16.0 Å². The van der Waals surface area contributed by atoms with Gasteiger partial charge in [0.25, 0.3) is 0 Å². The summed E-state index contributed by atoms with van der Waals surface area (Å²) in [6.45, 7) is 0. The lowest BCUT2D eigenvalue weighted by atomic mass is 10.2. The van der Waals surface area contributed by atoms with E-state index in [9.17, 15) is 4.79 Å². The minimum atomic E-state index is -0.320. The summed E-state index contributed by atoms with van der Waals surface area (Å²) in [4.78, 5) is 21.0. The van der Waals surface area contributed by atoms with E-state index in [1.807, 2.05) is 78.9 Å². The molecule has 3 aromatic carbocycles. The van der Waals surface area contributed by atoms with E-state index in [4.69, 9.17) is 0 Å². The molecular formula is C24H18BrN7O. The summed E-state index contributed by atoms with van der Waals surface area (Å²) >= 11 is 3.39. The Hall–Kier alpha value is -4.24. The van der Waals surface area contributed by atoms with Gasteiger partial charge in [-0.05, 0) is 54.6 Å². The van der Waals surface area contributed by atoms with Crippen LogP contribution in [-0.2, 0) is 0 Å². The Bertz CT molecular complexity index is 1420. The van der Waals surface area contributed by atoms with Gasteiger partial charge >= 0.3 is 6.03 Å². The van der Waals surface area contributed by atoms with Crippen LogP contribution < -0.4 is 16.0 Å². The van der Waals surface area contributed by atoms with Crippen LogP contribution >= 0.6 is 15.9 Å². The standard InChI is InChI=1S/C24H18BrN7O/c25-16-5-4-6-19(13-16)31-24(33)30-18-11-9-17(10-12-18)29-22-21-14-28-32(23(21)27-15-26-22)20-7-2-1-3-8-20/h1-15H,(H,26,27,29)(H2,30,31,33). The number of hydrogen-bond acceptors (Lipinski definition) is 5. The van der Waals surface area contributed by atoms with Gasteiger partial charge in [-0.25, -0.2) is 19.4 Å². The predicted molar refractivity (Wildman–Crippen MR) is 133 cm³/mol. The fraction of sp³-hybridized carbons (Fsp3) is 0. The van der Waals surface area contributed by atoms with Gasteiger partial charge in [-0.15, -0.1) is 0 Å². The smallest absolute Gasteiger partial charge is 0.323 e. The number of hydrogen-bond donors (Lipinski definition) is 3. The van der Waals surface area contributed by atoms with E-state index in [0.29, 0.717) is 22.8 Å². The van der Waals surface area contributed by atoms with Gasteiger partial charge in [-0.1, -0.05) is 40.2 Å². The van der Waals surface area contributed by atoms with Crippen molar-refractivity contribution in [1.29, 1.82) is 0 Å². The molecule has 2 amide bonds. The lowest BCUT2D eigenvalue weighted by Gasteiger charge is -2.10. The fourth-order valence-corrected chi connectivity index (χ4v) is 3.73. The van der Waals surface area contributed by atoms with E-state index in [1.165, 1.54) is 6.33 Å². The molecule has 5 rings (SSSR count). The largest absolute Gasteiger partial charge is 0.340 e. The van der Waals surface area contributed by atoms with Crippen molar-refractivity contribution in [2.45, 2.75) is 0 Å². The maximum atomic E-state index is 12.3. The number of nitrogens with zero attached hydrogens (tertiary/aromatic N) is 4. The first-order valence-corrected chi connectivity index (χ1v) is 10.9. The Morgan fingerprint density at radius 2 is 1.58 bits per heavy atom. The maximum absolute atomic E-state index is 12.3. The molecule has 2 heterocycles. The van der Waals surface area contributed by atoms with Crippen molar-refractivity contribution in [3.8, 4) is 5.69 Å². The van der Waals surface area contributed by atoms with Crippen LogP contribution in [0.1, 0.15) is 0 Å². The van der Waals surface area contributed by atoms with Crippen LogP contribution in [0.25, 0.3) is 16.7 Å². The number of amides is 2. The number of urea groups is 1. The van der Waals surface area contributed by atoms with Crippen LogP contribution in [0.3, 0.4) is 0 Å². The average molecular weight is 500 g/mol. The highest BCUT2D eigenvalue weighted by atomic mass is 79.9. The molecule has 0 aliphatic rings. The number of anilines is 4. The molecule has 0 bridgehead atoms. The quantitative estimate of drug-likeness (QED) is 0.277. The Balaban J connectivity index is 1.29. The molecule has 0 atom stereocenters. The second-order valence-electron chi connectivity index (χ2n) is 7.14. The van der Waals surface area contributed by atoms with Crippen LogP contribution in [-0.4, -0.2) is 25.8 Å². The summed E-state index contributed by atoms with van der Waals surface area (Å²) in [5.74, 6) is 0.648. The summed E-state index contributed by atoms with van der Waals surface area (Å²) in [7, 11) is 0. The van der Waals surface area contributed by atoms with Gasteiger partial charge in [0.05, 0.1) is 17.3 Å². The van der Waals surface area contributed by atoms with Crippen molar-refractivity contribution >= 4 is 55.9 Å². The normalized spacial score (nSPS) is 10.7. The van der Waals surface area contributed by atoms with Crippen molar-refractivity contribution in [3.63, 3.8) is 0 Å². The summed E-state index contributed by atoms with van der Waals surface area (Å²) in [6.07, 6.45) is 3.25. The van der Waals surface area contributed by atoms with Gasteiger partial charge in [0.1, 0.15) is 12.1 Å². The summed E-state index contributed by atoms with van der Waals surface area (Å²) < 4.78 is 2.67. The molecule has 0 saturated carbocycles. The third-order valence-electron chi connectivity index (χ3n) is 4.85. The lowest BCUT2D eigenvalue weighted by molar-refractivity contribution is 0.262. The molecule has 8 nitrogen and oxygen atoms in total. The first kappa shape index (κ1) is 20.7. The predicted octanol–water partition coefficient (Wildman–Crippen LogP) is 5.97. The van der Waals surface area contributed by atoms with E-state index in [2.05, 4.69) is 46.9 Å². The number of nitrogens with one attached hydrogen (secondary N) is 3. The molecule has 162 valence electrons. The van der Waals surface area contributed by atoms with Crippen molar-refractivity contribution < 1.29 is 4.79 Å². The molecule has 0 spiro atoms. The second kappa shape index (κ2) is 9.09. The first-order chi connectivity index (χ1) is 16.2. The molecule has 0 fully saturated rings. The van der Waals surface area contributed by atoms with Crippen molar-refractivity contribution in [2.24, 2.45) is 0 Å². The molecule has 0 aliphatic carbocycles. The minimum absolute atomic E-state index is 0.320. The highest BCUT2D eigenvalue weighted by Crippen LogP contribution is 2.25. The van der Waals surface area contributed by atoms with Crippen molar-refractivity contribution in [1.82, 2.24) is 19.7 Å². The van der Waals surface area contributed by atoms with E-state index >= 15 is 0 Å². The molecule has 0 unspecified atom stereocenters. The summed E-state index contributed by atoms with van der Waals surface area (Å²) in [6, 6.07) is 24.3. The Labute approximate surface area is 197 Å². The van der Waals surface area contributed by atoms with Gasteiger partial charge in [-0.2, -0.15) is 5.10 Å². The molecule has 33 heavy (non-hydrogen) atoms. The number of halogens is 1. The molecule has 0 saturated heterocycles. The highest BCUT2D eigenvalue weighted by molar-refractivity contribution is 9.10. The van der Waals surface area contributed by atoms with E-state index in [0.717, 1.165) is 21.2 Å². The molecule has 0 aliphatic heterocycles. The summed E-state index contributed by atoms with van der Waals surface area (Å²) in [5, 5.41) is 14.2. The zero-order valence-corrected chi connectivity index (χ0v) is 18.8. The number of fused-ring (bicyclic) bond motifs is 1. The summed E-state index contributed by atoms with van der Waals surface area (Å²) in [5.41, 5.74) is 3.82. The van der Waals surface area contributed by atoms with Crippen LogP contribution in [0, 0.1) is 0 Å². The van der Waals surface area contributed by atoms with Gasteiger partial charge in [0.2, 0.25) is 0 Å². The van der Waals surface area contributed by atoms with Crippen molar-refractivity contribution in [3.05, 3.63) is 95.9 Å². The molecule has 0 radical (unpaired) electrons.